The number of hydrogen-bond acceptors (Lipinski definition) is 4. The summed E-state index contributed by atoms with van der Waals surface area (Å²) in [6.45, 7) is 0.657. The summed E-state index contributed by atoms with van der Waals surface area (Å²) in [5, 5.41) is 3.72. The Morgan fingerprint density at radius 1 is 1.17 bits per heavy atom. The summed E-state index contributed by atoms with van der Waals surface area (Å²) in [5.41, 5.74) is 2.75. The molecule has 4 aromatic rings. The highest BCUT2D eigenvalue weighted by Crippen LogP contribution is 2.19. The van der Waals surface area contributed by atoms with Crippen molar-refractivity contribution in [3.05, 3.63) is 83.0 Å². The molecule has 0 saturated carbocycles. The van der Waals surface area contributed by atoms with E-state index in [1.807, 2.05) is 48.5 Å². The predicted molar refractivity (Wildman–Crippen MR) is 111 cm³/mol. The van der Waals surface area contributed by atoms with Crippen LogP contribution in [0.15, 0.2) is 71.9 Å². The Kier molecular flexibility index (Phi) is 5.11. The van der Waals surface area contributed by atoms with Crippen LogP contribution in [0.1, 0.15) is 10.4 Å². The first-order chi connectivity index (χ1) is 14.2. The lowest BCUT2D eigenvalue weighted by atomic mass is 10.1. The van der Waals surface area contributed by atoms with Crippen molar-refractivity contribution < 1.29 is 9.53 Å². The fraction of sp³-hybridized carbons (Fsp3) is 0.136. The summed E-state index contributed by atoms with van der Waals surface area (Å²) < 4.78 is 6.61. The second kappa shape index (κ2) is 8.02. The van der Waals surface area contributed by atoms with Crippen LogP contribution >= 0.6 is 0 Å². The molecule has 29 heavy (non-hydrogen) atoms. The topological polar surface area (TPSA) is 89.0 Å². The number of amides is 1. The third kappa shape index (κ3) is 3.89. The van der Waals surface area contributed by atoms with Crippen LogP contribution in [0.4, 0.5) is 0 Å². The van der Waals surface area contributed by atoms with Gasteiger partial charge in [-0.25, -0.2) is 4.98 Å². The van der Waals surface area contributed by atoms with Gasteiger partial charge in [-0.3, -0.25) is 14.2 Å². The van der Waals surface area contributed by atoms with Crippen LogP contribution in [-0.2, 0) is 6.54 Å². The number of nitrogens with zero attached hydrogens (tertiary/aromatic N) is 2. The largest absolute Gasteiger partial charge is 0.497 e. The SMILES string of the molecule is COc1ccc(-c2cc(=O)n(CCNC(=O)c3c[nH]c4ccccc34)cn2)cc1. The lowest BCUT2D eigenvalue weighted by molar-refractivity contribution is 0.0954. The molecule has 7 heteroatoms. The summed E-state index contributed by atoms with van der Waals surface area (Å²) >= 11 is 0. The Bertz CT molecular complexity index is 1210. The zero-order valence-electron chi connectivity index (χ0n) is 15.9. The Hall–Kier alpha value is -3.87. The average Bonchev–Trinajstić information content (AvgIpc) is 3.19. The molecule has 0 unspecified atom stereocenters. The van der Waals surface area contributed by atoms with E-state index in [-0.39, 0.29) is 11.5 Å². The molecule has 7 nitrogen and oxygen atoms in total. The number of carbonyl (C=O) groups excluding carboxylic acids is 1. The van der Waals surface area contributed by atoms with Gasteiger partial charge in [-0.05, 0) is 30.3 Å². The zero-order valence-corrected chi connectivity index (χ0v) is 15.9. The van der Waals surface area contributed by atoms with Crippen LogP contribution in [-0.4, -0.2) is 34.1 Å². The molecule has 0 fully saturated rings. The summed E-state index contributed by atoms with van der Waals surface area (Å²) in [7, 11) is 1.60. The normalized spacial score (nSPS) is 10.8. The fourth-order valence-corrected chi connectivity index (χ4v) is 3.16. The van der Waals surface area contributed by atoms with E-state index in [1.54, 1.807) is 13.3 Å². The minimum Gasteiger partial charge on any atom is -0.497 e. The highest BCUT2D eigenvalue weighted by Gasteiger charge is 2.11. The number of aromatic nitrogens is 3. The molecular weight excluding hydrogens is 368 g/mol. The van der Waals surface area contributed by atoms with Gasteiger partial charge in [0, 0.05) is 41.8 Å². The summed E-state index contributed by atoms with van der Waals surface area (Å²) in [6, 6.07) is 16.5. The number of fused-ring (bicyclic) bond motifs is 1. The number of hydrogen-bond donors (Lipinski definition) is 2. The van der Waals surface area contributed by atoms with Gasteiger partial charge in [0.2, 0.25) is 0 Å². The molecule has 1 amide bonds. The molecule has 2 heterocycles. The van der Waals surface area contributed by atoms with Crippen LogP contribution < -0.4 is 15.6 Å². The fourth-order valence-electron chi connectivity index (χ4n) is 3.16. The van der Waals surface area contributed by atoms with E-state index in [1.165, 1.54) is 17.0 Å². The van der Waals surface area contributed by atoms with E-state index in [0.29, 0.717) is 24.3 Å². The third-order valence-electron chi connectivity index (χ3n) is 4.74. The van der Waals surface area contributed by atoms with Crippen LogP contribution in [0.25, 0.3) is 22.2 Å². The monoisotopic (exact) mass is 388 g/mol. The van der Waals surface area contributed by atoms with Gasteiger partial charge in [-0.15, -0.1) is 0 Å². The first-order valence-electron chi connectivity index (χ1n) is 9.21. The van der Waals surface area contributed by atoms with E-state index in [0.717, 1.165) is 22.2 Å². The van der Waals surface area contributed by atoms with E-state index < -0.39 is 0 Å². The number of benzene rings is 2. The Balaban J connectivity index is 1.41. The molecule has 0 aliphatic rings. The maximum atomic E-state index is 12.4. The second-order valence-electron chi connectivity index (χ2n) is 6.54. The number of ether oxygens (including phenoxy) is 1. The Labute approximate surface area is 167 Å². The molecule has 2 aromatic heterocycles. The maximum absolute atomic E-state index is 12.4. The van der Waals surface area contributed by atoms with Gasteiger partial charge in [-0.2, -0.15) is 0 Å². The maximum Gasteiger partial charge on any atom is 0.253 e. The van der Waals surface area contributed by atoms with Crippen molar-refractivity contribution in [3.63, 3.8) is 0 Å². The molecule has 146 valence electrons. The van der Waals surface area contributed by atoms with E-state index >= 15 is 0 Å². The smallest absolute Gasteiger partial charge is 0.253 e. The number of rotatable bonds is 6. The number of H-pyrrole nitrogens is 1. The van der Waals surface area contributed by atoms with Crippen molar-refractivity contribution in [2.75, 3.05) is 13.7 Å². The number of carbonyl (C=O) groups is 1. The lowest BCUT2D eigenvalue weighted by Gasteiger charge is -2.08. The van der Waals surface area contributed by atoms with Crippen molar-refractivity contribution in [2.24, 2.45) is 0 Å². The Morgan fingerprint density at radius 2 is 1.97 bits per heavy atom. The van der Waals surface area contributed by atoms with Gasteiger partial charge in [0.25, 0.3) is 11.5 Å². The zero-order chi connectivity index (χ0) is 20.2. The van der Waals surface area contributed by atoms with Crippen molar-refractivity contribution in [2.45, 2.75) is 6.54 Å². The summed E-state index contributed by atoms with van der Waals surface area (Å²) in [6.07, 6.45) is 3.19. The molecule has 2 aromatic carbocycles. The second-order valence-corrected chi connectivity index (χ2v) is 6.54. The van der Waals surface area contributed by atoms with Gasteiger partial charge in [0.15, 0.2) is 0 Å². The van der Waals surface area contributed by atoms with Gasteiger partial charge >= 0.3 is 0 Å². The lowest BCUT2D eigenvalue weighted by Crippen LogP contribution is -2.30. The van der Waals surface area contributed by atoms with Gasteiger partial charge in [0.1, 0.15) is 5.75 Å². The van der Waals surface area contributed by atoms with Crippen molar-refractivity contribution in [3.8, 4) is 17.0 Å². The van der Waals surface area contributed by atoms with Gasteiger partial charge < -0.3 is 15.0 Å². The van der Waals surface area contributed by atoms with Crippen molar-refractivity contribution >= 4 is 16.8 Å². The quantitative estimate of drug-likeness (QED) is 0.532. The van der Waals surface area contributed by atoms with Crippen LogP contribution in [0, 0.1) is 0 Å². The molecule has 0 saturated heterocycles. The van der Waals surface area contributed by atoms with Crippen LogP contribution in [0.5, 0.6) is 5.75 Å². The number of para-hydroxylation sites is 1. The first kappa shape index (κ1) is 18.5. The van der Waals surface area contributed by atoms with E-state index in [2.05, 4.69) is 15.3 Å². The molecule has 4 rings (SSSR count). The standard InChI is InChI=1S/C22H20N4O3/c1-29-16-8-6-15(7-9-16)20-12-21(27)26(14-25-20)11-10-23-22(28)18-13-24-19-5-3-2-4-17(18)19/h2-9,12-14,24H,10-11H2,1H3,(H,23,28). The van der Waals surface area contributed by atoms with E-state index in [9.17, 15) is 9.59 Å². The molecule has 2 N–H and O–H groups in total. The average molecular weight is 388 g/mol. The van der Waals surface area contributed by atoms with Gasteiger partial charge in [-0.1, -0.05) is 18.2 Å². The Morgan fingerprint density at radius 3 is 2.72 bits per heavy atom. The molecule has 0 atom stereocenters. The minimum absolute atomic E-state index is 0.174. The molecule has 0 aliphatic carbocycles. The minimum atomic E-state index is -0.182. The molecule has 0 bridgehead atoms. The molecule has 0 aliphatic heterocycles. The summed E-state index contributed by atoms with van der Waals surface area (Å²) in [4.78, 5) is 32.3. The molecule has 0 spiro atoms. The van der Waals surface area contributed by atoms with E-state index in [4.69, 9.17) is 4.74 Å². The first-order valence-corrected chi connectivity index (χ1v) is 9.21. The summed E-state index contributed by atoms with van der Waals surface area (Å²) in [5.74, 6) is 0.561. The highest BCUT2D eigenvalue weighted by molar-refractivity contribution is 6.06. The molecule has 0 radical (unpaired) electrons. The molecular formula is C22H20N4O3. The van der Waals surface area contributed by atoms with Gasteiger partial charge in [0.05, 0.1) is 24.7 Å². The highest BCUT2D eigenvalue weighted by atomic mass is 16.5. The number of nitrogens with one attached hydrogen (secondary N) is 2. The number of aromatic amines is 1. The third-order valence-corrected chi connectivity index (χ3v) is 4.74. The van der Waals surface area contributed by atoms with Crippen molar-refractivity contribution in [1.82, 2.24) is 19.9 Å². The van der Waals surface area contributed by atoms with Crippen LogP contribution in [0.3, 0.4) is 0 Å². The van der Waals surface area contributed by atoms with Crippen molar-refractivity contribution in [1.29, 1.82) is 0 Å². The van der Waals surface area contributed by atoms with Crippen LogP contribution in [0.2, 0.25) is 0 Å². The number of methoxy groups -OCH3 is 1. The predicted octanol–water partition coefficient (Wildman–Crippen LogP) is 2.83.